The van der Waals surface area contributed by atoms with Crippen molar-refractivity contribution in [1.29, 1.82) is 0 Å². The normalized spacial score (nSPS) is 19.1. The molecule has 1 unspecified atom stereocenters. The maximum atomic E-state index is 5.25. The summed E-state index contributed by atoms with van der Waals surface area (Å²) in [7, 11) is 1.69. The van der Waals surface area contributed by atoms with Crippen LogP contribution in [0.5, 0.6) is 5.75 Å². The second kappa shape index (κ2) is 5.08. The molecule has 2 aromatic rings. The summed E-state index contributed by atoms with van der Waals surface area (Å²) in [6, 6.07) is 8.07. The molecule has 0 amide bonds. The average molecular weight is 260 g/mol. The monoisotopic (exact) mass is 260 g/mol. The first kappa shape index (κ1) is 11.7. The zero-order valence-corrected chi connectivity index (χ0v) is 11.2. The molecule has 1 aliphatic heterocycles. The van der Waals surface area contributed by atoms with Crippen molar-refractivity contribution in [3.8, 4) is 17.0 Å². The fraction of sp³-hybridized carbons (Fsp3) is 0.357. The maximum Gasteiger partial charge on any atom is 0.119 e. The minimum Gasteiger partial charge on any atom is -0.497 e. The third kappa shape index (κ3) is 2.26. The van der Waals surface area contributed by atoms with Crippen LogP contribution in [0.4, 0.5) is 0 Å². The summed E-state index contributed by atoms with van der Waals surface area (Å²) in [5.41, 5.74) is 2.18. The Morgan fingerprint density at radius 1 is 1.44 bits per heavy atom. The third-order valence-electron chi connectivity index (χ3n) is 3.30. The van der Waals surface area contributed by atoms with Gasteiger partial charge in [0.1, 0.15) is 5.75 Å². The van der Waals surface area contributed by atoms with Gasteiger partial charge in [-0.2, -0.15) is 0 Å². The number of methoxy groups -OCH3 is 1. The van der Waals surface area contributed by atoms with Crippen molar-refractivity contribution >= 4 is 11.3 Å². The molecule has 94 valence electrons. The van der Waals surface area contributed by atoms with Gasteiger partial charge in [0.05, 0.1) is 17.8 Å². The van der Waals surface area contributed by atoms with Crippen LogP contribution in [-0.2, 0) is 0 Å². The van der Waals surface area contributed by atoms with Gasteiger partial charge in [-0.1, -0.05) is 12.1 Å². The van der Waals surface area contributed by atoms with Crippen LogP contribution < -0.4 is 10.1 Å². The van der Waals surface area contributed by atoms with E-state index in [1.165, 1.54) is 11.4 Å². The molecule has 0 saturated carbocycles. The highest BCUT2D eigenvalue weighted by molar-refractivity contribution is 7.10. The van der Waals surface area contributed by atoms with E-state index in [0.29, 0.717) is 5.92 Å². The van der Waals surface area contributed by atoms with E-state index in [9.17, 15) is 0 Å². The Labute approximate surface area is 111 Å². The number of hydrogen-bond donors (Lipinski definition) is 1. The molecule has 3 nitrogen and oxygen atoms in total. The molecule has 18 heavy (non-hydrogen) atoms. The Bertz CT molecular complexity index is 532. The number of benzene rings is 1. The predicted molar refractivity (Wildman–Crippen MR) is 74.3 cm³/mol. The Morgan fingerprint density at radius 3 is 3.17 bits per heavy atom. The molecular weight excluding hydrogens is 244 g/mol. The lowest BCUT2D eigenvalue weighted by Gasteiger charge is -2.03. The van der Waals surface area contributed by atoms with Gasteiger partial charge in [0.15, 0.2) is 0 Å². The van der Waals surface area contributed by atoms with Crippen molar-refractivity contribution in [3.05, 3.63) is 34.7 Å². The SMILES string of the molecule is COc1cccc(-c2csc(C3CCNC3)n2)c1. The Kier molecular flexibility index (Phi) is 3.30. The molecule has 1 N–H and O–H groups in total. The number of hydrogen-bond acceptors (Lipinski definition) is 4. The van der Waals surface area contributed by atoms with Gasteiger partial charge in [-0.05, 0) is 25.1 Å². The Morgan fingerprint density at radius 2 is 2.39 bits per heavy atom. The third-order valence-corrected chi connectivity index (χ3v) is 4.30. The maximum absolute atomic E-state index is 5.25. The van der Waals surface area contributed by atoms with Crippen LogP contribution in [0, 0.1) is 0 Å². The summed E-state index contributed by atoms with van der Waals surface area (Å²) >= 11 is 1.76. The Hall–Kier alpha value is -1.39. The molecule has 1 aromatic heterocycles. The Balaban J connectivity index is 1.87. The van der Waals surface area contributed by atoms with Gasteiger partial charge >= 0.3 is 0 Å². The van der Waals surface area contributed by atoms with E-state index >= 15 is 0 Å². The van der Waals surface area contributed by atoms with E-state index in [1.807, 2.05) is 18.2 Å². The van der Waals surface area contributed by atoms with Crippen LogP contribution in [-0.4, -0.2) is 25.2 Å². The van der Waals surface area contributed by atoms with E-state index in [0.717, 1.165) is 30.1 Å². The van der Waals surface area contributed by atoms with Crippen LogP contribution in [0.15, 0.2) is 29.6 Å². The topological polar surface area (TPSA) is 34.1 Å². The largest absolute Gasteiger partial charge is 0.497 e. The second-order valence-corrected chi connectivity index (χ2v) is 5.38. The van der Waals surface area contributed by atoms with Crippen LogP contribution in [0.2, 0.25) is 0 Å². The molecule has 0 bridgehead atoms. The summed E-state index contributed by atoms with van der Waals surface area (Å²) in [5.74, 6) is 1.47. The van der Waals surface area contributed by atoms with E-state index in [4.69, 9.17) is 9.72 Å². The number of nitrogens with one attached hydrogen (secondary N) is 1. The molecule has 1 fully saturated rings. The molecule has 0 aliphatic carbocycles. The molecule has 1 aromatic carbocycles. The fourth-order valence-corrected chi connectivity index (χ4v) is 3.22. The molecule has 1 aliphatic rings. The molecule has 1 atom stereocenters. The zero-order valence-electron chi connectivity index (χ0n) is 10.3. The van der Waals surface area contributed by atoms with Crippen molar-refractivity contribution in [1.82, 2.24) is 10.3 Å². The van der Waals surface area contributed by atoms with Gasteiger partial charge in [-0.3, -0.25) is 0 Å². The molecule has 3 rings (SSSR count). The summed E-state index contributed by atoms with van der Waals surface area (Å²) in [6.45, 7) is 2.17. The van der Waals surface area contributed by atoms with Crippen LogP contribution in [0.1, 0.15) is 17.3 Å². The van der Waals surface area contributed by atoms with Crippen LogP contribution in [0.3, 0.4) is 0 Å². The lowest BCUT2D eigenvalue weighted by molar-refractivity contribution is 0.415. The average Bonchev–Trinajstić information content (AvgIpc) is 3.09. The van der Waals surface area contributed by atoms with Crippen molar-refractivity contribution in [2.75, 3.05) is 20.2 Å². The second-order valence-electron chi connectivity index (χ2n) is 4.49. The highest BCUT2D eigenvalue weighted by Gasteiger charge is 2.20. The van der Waals surface area contributed by atoms with Gasteiger partial charge in [-0.15, -0.1) is 11.3 Å². The van der Waals surface area contributed by atoms with E-state index in [1.54, 1.807) is 18.4 Å². The van der Waals surface area contributed by atoms with Crippen molar-refractivity contribution in [3.63, 3.8) is 0 Å². The minimum atomic E-state index is 0.592. The minimum absolute atomic E-state index is 0.592. The number of aromatic nitrogens is 1. The van der Waals surface area contributed by atoms with Crippen LogP contribution in [0.25, 0.3) is 11.3 Å². The lowest BCUT2D eigenvalue weighted by Crippen LogP contribution is -2.07. The summed E-state index contributed by atoms with van der Waals surface area (Å²) in [5, 5.41) is 6.77. The molecule has 1 saturated heterocycles. The first-order valence-corrected chi connectivity index (χ1v) is 7.05. The molecular formula is C14H16N2OS. The van der Waals surface area contributed by atoms with Gasteiger partial charge < -0.3 is 10.1 Å². The highest BCUT2D eigenvalue weighted by atomic mass is 32.1. The zero-order chi connectivity index (χ0) is 12.4. The first-order chi connectivity index (χ1) is 8.86. The molecule has 0 spiro atoms. The van der Waals surface area contributed by atoms with E-state index in [-0.39, 0.29) is 0 Å². The van der Waals surface area contributed by atoms with Gasteiger partial charge in [0, 0.05) is 23.4 Å². The van der Waals surface area contributed by atoms with Crippen molar-refractivity contribution < 1.29 is 4.74 Å². The van der Waals surface area contributed by atoms with Crippen molar-refractivity contribution in [2.45, 2.75) is 12.3 Å². The summed E-state index contributed by atoms with van der Waals surface area (Å²) < 4.78 is 5.25. The number of ether oxygens (including phenoxy) is 1. The van der Waals surface area contributed by atoms with E-state index in [2.05, 4.69) is 16.8 Å². The van der Waals surface area contributed by atoms with E-state index < -0.39 is 0 Å². The van der Waals surface area contributed by atoms with Gasteiger partial charge in [0.25, 0.3) is 0 Å². The number of rotatable bonds is 3. The van der Waals surface area contributed by atoms with Gasteiger partial charge in [-0.25, -0.2) is 4.98 Å². The van der Waals surface area contributed by atoms with Crippen molar-refractivity contribution in [2.24, 2.45) is 0 Å². The molecule has 2 heterocycles. The number of thiazole rings is 1. The molecule has 0 radical (unpaired) electrons. The lowest BCUT2D eigenvalue weighted by atomic mass is 10.1. The fourth-order valence-electron chi connectivity index (χ4n) is 2.26. The summed E-state index contributed by atoms with van der Waals surface area (Å²) in [6.07, 6.45) is 1.20. The quantitative estimate of drug-likeness (QED) is 0.921. The highest BCUT2D eigenvalue weighted by Crippen LogP contribution is 2.30. The smallest absolute Gasteiger partial charge is 0.119 e. The molecule has 4 heteroatoms. The summed E-state index contributed by atoms with van der Waals surface area (Å²) in [4.78, 5) is 4.76. The standard InChI is InChI=1S/C14H16N2OS/c1-17-12-4-2-3-10(7-12)13-9-18-14(16-13)11-5-6-15-8-11/h2-4,7,9,11,15H,5-6,8H2,1H3. The first-order valence-electron chi connectivity index (χ1n) is 6.17. The predicted octanol–water partition coefficient (Wildman–Crippen LogP) is 2.90. The van der Waals surface area contributed by atoms with Gasteiger partial charge in [0.2, 0.25) is 0 Å². The number of nitrogens with zero attached hydrogens (tertiary/aromatic N) is 1. The van der Waals surface area contributed by atoms with Crippen LogP contribution >= 0.6 is 11.3 Å².